The van der Waals surface area contributed by atoms with Gasteiger partial charge in [0.2, 0.25) is 0 Å². The normalized spacial score (nSPS) is 21.1. The van der Waals surface area contributed by atoms with Crippen LogP contribution in [0.25, 0.3) is 0 Å². The van der Waals surface area contributed by atoms with Crippen LogP contribution < -0.4 is 0 Å². The van der Waals surface area contributed by atoms with Crippen LogP contribution >= 0.6 is 0 Å². The highest BCUT2D eigenvalue weighted by Gasteiger charge is 2.55. The van der Waals surface area contributed by atoms with Crippen LogP contribution in [0.2, 0.25) is 0 Å². The Bertz CT molecular complexity index is 816. The van der Waals surface area contributed by atoms with Gasteiger partial charge in [0, 0.05) is 38.0 Å². The Morgan fingerprint density at radius 2 is 1.43 bits per heavy atom. The summed E-state index contributed by atoms with van der Waals surface area (Å²) < 4.78 is 6.10. The van der Waals surface area contributed by atoms with Crippen molar-refractivity contribution in [2.75, 3.05) is 19.6 Å². The van der Waals surface area contributed by atoms with Gasteiger partial charge in [-0.3, -0.25) is 9.59 Å². The van der Waals surface area contributed by atoms with Gasteiger partial charge in [0.05, 0.1) is 0 Å². The number of benzene rings is 2. The lowest BCUT2D eigenvalue weighted by molar-refractivity contribution is -0.141. The minimum Gasteiger partial charge on any atom is -0.342 e. The topological polar surface area (TPSA) is 49.9 Å². The van der Waals surface area contributed by atoms with Crippen molar-refractivity contribution in [2.24, 2.45) is 0 Å². The number of nitrogens with zero attached hydrogens (tertiary/aromatic N) is 2. The van der Waals surface area contributed by atoms with Gasteiger partial charge in [0.25, 0.3) is 11.8 Å². The van der Waals surface area contributed by atoms with Crippen LogP contribution in [-0.4, -0.2) is 53.1 Å². The molecule has 1 atom stereocenters. The van der Waals surface area contributed by atoms with Gasteiger partial charge in [-0.15, -0.1) is 12.8 Å². The van der Waals surface area contributed by atoms with Crippen LogP contribution in [0, 0.1) is 12.8 Å². The SMILES string of the molecule is C#C.O=C(c1ccccc1)N1CCC2(CC1)OC1CCCN1C2=O.c1ccccc1. The molecule has 2 aromatic rings. The van der Waals surface area contributed by atoms with Crippen LogP contribution in [0.5, 0.6) is 0 Å². The second kappa shape index (κ2) is 10.1. The molecule has 1 unspecified atom stereocenters. The molecule has 156 valence electrons. The molecule has 0 aliphatic carbocycles. The molecule has 0 radical (unpaired) electrons. The van der Waals surface area contributed by atoms with Crippen LogP contribution in [-0.2, 0) is 9.53 Å². The molecule has 5 nitrogen and oxygen atoms in total. The summed E-state index contributed by atoms with van der Waals surface area (Å²) in [4.78, 5) is 28.8. The van der Waals surface area contributed by atoms with Gasteiger partial charge in [0.15, 0.2) is 5.60 Å². The molecule has 3 heterocycles. The average Bonchev–Trinajstić information content (AvgIpc) is 3.38. The Balaban J connectivity index is 0.000000273. The largest absolute Gasteiger partial charge is 0.342 e. The fraction of sp³-hybridized carbons (Fsp3) is 0.360. The number of amides is 2. The van der Waals surface area contributed by atoms with E-state index >= 15 is 0 Å². The van der Waals surface area contributed by atoms with E-state index in [1.165, 1.54) is 0 Å². The van der Waals surface area contributed by atoms with E-state index in [2.05, 4.69) is 12.8 Å². The third-order valence-electron chi connectivity index (χ3n) is 5.76. The molecule has 2 aromatic carbocycles. The molecule has 2 amide bonds. The van der Waals surface area contributed by atoms with E-state index in [1.54, 1.807) is 0 Å². The van der Waals surface area contributed by atoms with Gasteiger partial charge in [-0.25, -0.2) is 0 Å². The zero-order valence-corrected chi connectivity index (χ0v) is 17.2. The van der Waals surface area contributed by atoms with Gasteiger partial charge in [-0.2, -0.15) is 0 Å². The van der Waals surface area contributed by atoms with Crippen molar-refractivity contribution in [3.8, 4) is 12.8 Å². The van der Waals surface area contributed by atoms with E-state index < -0.39 is 5.60 Å². The molecule has 5 rings (SSSR count). The summed E-state index contributed by atoms with van der Waals surface area (Å²) in [5.74, 6) is 0.184. The molecule has 1 spiro atoms. The van der Waals surface area contributed by atoms with Gasteiger partial charge in [0.1, 0.15) is 6.23 Å². The third-order valence-corrected chi connectivity index (χ3v) is 5.76. The van der Waals surface area contributed by atoms with Crippen molar-refractivity contribution < 1.29 is 14.3 Å². The summed E-state index contributed by atoms with van der Waals surface area (Å²) in [5.41, 5.74) is 0.0381. The van der Waals surface area contributed by atoms with Crippen molar-refractivity contribution in [1.29, 1.82) is 0 Å². The zero-order valence-electron chi connectivity index (χ0n) is 17.2. The van der Waals surface area contributed by atoms with Gasteiger partial charge in [-0.1, -0.05) is 54.6 Å². The Kier molecular flexibility index (Phi) is 7.26. The number of hydrogen-bond acceptors (Lipinski definition) is 3. The number of hydrogen-bond donors (Lipinski definition) is 0. The van der Waals surface area contributed by atoms with Crippen LogP contribution in [0.15, 0.2) is 66.7 Å². The monoisotopic (exact) mass is 404 g/mol. The van der Waals surface area contributed by atoms with Crippen LogP contribution in [0.3, 0.4) is 0 Å². The highest BCUT2D eigenvalue weighted by Crippen LogP contribution is 2.40. The maximum absolute atomic E-state index is 12.6. The van der Waals surface area contributed by atoms with Gasteiger partial charge in [-0.05, 0) is 25.0 Å². The highest BCUT2D eigenvalue weighted by atomic mass is 16.6. The molecule has 3 aliphatic heterocycles. The summed E-state index contributed by atoms with van der Waals surface area (Å²) in [7, 11) is 0. The summed E-state index contributed by atoms with van der Waals surface area (Å²) in [6, 6.07) is 21.3. The van der Waals surface area contributed by atoms with Crippen molar-refractivity contribution in [3.63, 3.8) is 0 Å². The molecule has 3 saturated heterocycles. The Labute approximate surface area is 178 Å². The van der Waals surface area contributed by atoms with Crippen molar-refractivity contribution in [3.05, 3.63) is 72.3 Å². The lowest BCUT2D eigenvalue weighted by Gasteiger charge is -2.37. The summed E-state index contributed by atoms with van der Waals surface area (Å²) in [5, 5.41) is 0. The highest BCUT2D eigenvalue weighted by molar-refractivity contribution is 5.94. The minimum atomic E-state index is -0.668. The van der Waals surface area contributed by atoms with E-state index in [4.69, 9.17) is 4.74 Å². The average molecular weight is 405 g/mol. The van der Waals surface area contributed by atoms with Crippen LogP contribution in [0.1, 0.15) is 36.0 Å². The first-order valence-corrected chi connectivity index (χ1v) is 10.4. The second-order valence-electron chi connectivity index (χ2n) is 7.52. The number of likely N-dealkylation sites (tertiary alicyclic amines) is 1. The molecule has 5 heteroatoms. The van der Waals surface area contributed by atoms with E-state index in [9.17, 15) is 9.59 Å². The van der Waals surface area contributed by atoms with E-state index in [0.29, 0.717) is 31.5 Å². The zero-order chi connectivity index (χ0) is 21.4. The second-order valence-corrected chi connectivity index (χ2v) is 7.52. The quantitative estimate of drug-likeness (QED) is 0.683. The number of carbonyl (C=O) groups is 2. The number of rotatable bonds is 1. The summed E-state index contributed by atoms with van der Waals surface area (Å²) >= 11 is 0. The predicted octanol–water partition coefficient (Wildman–Crippen LogP) is 3.58. The van der Waals surface area contributed by atoms with Crippen molar-refractivity contribution >= 4 is 11.8 Å². The third kappa shape index (κ3) is 4.55. The fourth-order valence-corrected chi connectivity index (χ4v) is 4.21. The number of piperidine rings is 1. The molecule has 0 N–H and O–H groups in total. The number of carbonyl (C=O) groups excluding carboxylic acids is 2. The molecular weight excluding hydrogens is 376 g/mol. The first kappa shape index (κ1) is 21.6. The fourth-order valence-electron chi connectivity index (χ4n) is 4.21. The molecule has 0 saturated carbocycles. The molecule has 3 fully saturated rings. The predicted molar refractivity (Wildman–Crippen MR) is 116 cm³/mol. The molecule has 3 aliphatic rings. The maximum atomic E-state index is 12.6. The Hall–Kier alpha value is -3.10. The van der Waals surface area contributed by atoms with E-state index in [0.717, 1.165) is 19.4 Å². The van der Waals surface area contributed by atoms with E-state index in [-0.39, 0.29) is 18.0 Å². The van der Waals surface area contributed by atoms with Crippen LogP contribution in [0.4, 0.5) is 0 Å². The molecule has 0 aromatic heterocycles. The first-order chi connectivity index (χ1) is 14.7. The minimum absolute atomic E-state index is 0.0242. The Morgan fingerprint density at radius 3 is 1.97 bits per heavy atom. The maximum Gasteiger partial charge on any atom is 0.257 e. The number of fused-ring (bicyclic) bond motifs is 1. The van der Waals surface area contributed by atoms with E-state index in [1.807, 2.05) is 76.5 Å². The first-order valence-electron chi connectivity index (χ1n) is 10.4. The van der Waals surface area contributed by atoms with Crippen molar-refractivity contribution in [2.45, 2.75) is 37.5 Å². The standard InChI is InChI=1S/C17H20N2O3.C6H6.C2H2/c20-15(13-5-2-1-3-6-13)18-11-8-17(9-12-18)16(21)19-10-4-7-14(19)22-17;1-2-4-6-5-3-1;1-2/h1-3,5-6,14H,4,7-12H2;1-6H;1-2H. The van der Waals surface area contributed by atoms with Gasteiger partial charge >= 0.3 is 0 Å². The summed E-state index contributed by atoms with van der Waals surface area (Å²) in [6.07, 6.45) is 11.2. The lowest BCUT2D eigenvalue weighted by atomic mass is 9.90. The van der Waals surface area contributed by atoms with Gasteiger partial charge < -0.3 is 14.5 Å². The smallest absolute Gasteiger partial charge is 0.257 e. The molecule has 30 heavy (non-hydrogen) atoms. The van der Waals surface area contributed by atoms with Crippen molar-refractivity contribution in [1.82, 2.24) is 9.80 Å². The summed E-state index contributed by atoms with van der Waals surface area (Å²) in [6.45, 7) is 1.98. The number of terminal acetylenes is 1. The number of ether oxygens (including phenoxy) is 1. The Morgan fingerprint density at radius 1 is 0.900 bits per heavy atom. The lowest BCUT2D eigenvalue weighted by Crippen LogP contribution is -2.51. The molecular formula is C25H28N2O3. The molecule has 0 bridgehead atoms.